The van der Waals surface area contributed by atoms with Crippen molar-refractivity contribution in [2.75, 3.05) is 0 Å². The largest absolute Gasteiger partial charge is 0.308 e. The Hall–Kier alpha value is 0.430. The summed E-state index contributed by atoms with van der Waals surface area (Å²) >= 11 is 11.5. The van der Waals surface area contributed by atoms with Gasteiger partial charge in [-0.05, 0) is 40.9 Å². The second-order valence-corrected chi connectivity index (χ2v) is 7.10. The fraction of sp³-hybridized carbons (Fsp3) is 0.636. The van der Waals surface area contributed by atoms with Crippen LogP contribution in [0.2, 0.25) is 0 Å². The van der Waals surface area contributed by atoms with Gasteiger partial charge in [0.1, 0.15) is 0 Å². The molecular formula is C11H15BrClNS. The van der Waals surface area contributed by atoms with Crippen molar-refractivity contribution in [2.45, 2.75) is 43.6 Å². The SMILES string of the molecule is ClC1CCCCC1NCc1ccc(Br)s1. The van der Waals surface area contributed by atoms with Crippen LogP contribution in [-0.2, 0) is 6.54 Å². The van der Waals surface area contributed by atoms with E-state index in [1.54, 1.807) is 11.3 Å². The molecule has 2 rings (SSSR count). The molecule has 1 fully saturated rings. The van der Waals surface area contributed by atoms with Crippen LogP contribution in [0.1, 0.15) is 30.6 Å². The van der Waals surface area contributed by atoms with Gasteiger partial charge in [0.15, 0.2) is 0 Å². The maximum atomic E-state index is 6.29. The molecule has 1 N–H and O–H groups in total. The molecule has 1 heterocycles. The predicted octanol–water partition coefficient (Wildman–Crippen LogP) is 4.15. The molecule has 0 bridgehead atoms. The van der Waals surface area contributed by atoms with Crippen LogP contribution >= 0.6 is 38.9 Å². The minimum atomic E-state index is 0.321. The minimum absolute atomic E-state index is 0.321. The number of halogens is 2. The summed E-state index contributed by atoms with van der Waals surface area (Å²) in [6.07, 6.45) is 4.99. The lowest BCUT2D eigenvalue weighted by atomic mass is 9.95. The van der Waals surface area contributed by atoms with Gasteiger partial charge in [-0.1, -0.05) is 12.8 Å². The molecule has 0 spiro atoms. The van der Waals surface area contributed by atoms with Crippen LogP contribution in [0, 0.1) is 0 Å². The number of thiophene rings is 1. The van der Waals surface area contributed by atoms with E-state index in [0.29, 0.717) is 11.4 Å². The molecule has 1 aromatic rings. The van der Waals surface area contributed by atoms with Crippen LogP contribution in [0.4, 0.5) is 0 Å². The highest BCUT2D eigenvalue weighted by Crippen LogP contribution is 2.25. The summed E-state index contributed by atoms with van der Waals surface area (Å²) in [5.74, 6) is 0. The van der Waals surface area contributed by atoms with Gasteiger partial charge in [-0.3, -0.25) is 0 Å². The molecule has 0 amide bonds. The van der Waals surface area contributed by atoms with Crippen LogP contribution in [-0.4, -0.2) is 11.4 Å². The van der Waals surface area contributed by atoms with Crippen molar-refractivity contribution in [1.29, 1.82) is 0 Å². The first-order chi connectivity index (χ1) is 7.25. The molecule has 0 aromatic carbocycles. The van der Waals surface area contributed by atoms with E-state index >= 15 is 0 Å². The highest BCUT2D eigenvalue weighted by atomic mass is 79.9. The first-order valence-corrected chi connectivity index (χ1v) is 7.42. The Labute approximate surface area is 108 Å². The molecule has 1 aliphatic rings. The molecule has 1 nitrogen and oxygen atoms in total. The van der Waals surface area contributed by atoms with Crippen molar-refractivity contribution in [1.82, 2.24) is 5.32 Å². The zero-order chi connectivity index (χ0) is 10.7. The average molecular weight is 309 g/mol. The Bertz CT molecular complexity index is 315. The lowest BCUT2D eigenvalue weighted by Crippen LogP contribution is -2.38. The van der Waals surface area contributed by atoms with Crippen molar-refractivity contribution < 1.29 is 0 Å². The molecule has 15 heavy (non-hydrogen) atoms. The van der Waals surface area contributed by atoms with E-state index < -0.39 is 0 Å². The third-order valence-corrected chi connectivity index (χ3v) is 4.99. The Morgan fingerprint density at radius 1 is 1.40 bits per heavy atom. The lowest BCUT2D eigenvalue weighted by molar-refractivity contribution is 0.379. The normalized spacial score (nSPS) is 26.8. The molecule has 2 unspecified atom stereocenters. The van der Waals surface area contributed by atoms with Crippen molar-refractivity contribution in [3.8, 4) is 0 Å². The number of hydrogen-bond acceptors (Lipinski definition) is 2. The van der Waals surface area contributed by atoms with Crippen LogP contribution in [0.5, 0.6) is 0 Å². The summed E-state index contributed by atoms with van der Waals surface area (Å²) in [4.78, 5) is 1.37. The third kappa shape index (κ3) is 3.45. The average Bonchev–Trinajstić information content (AvgIpc) is 2.63. The minimum Gasteiger partial charge on any atom is -0.308 e. The smallest absolute Gasteiger partial charge is 0.0701 e. The van der Waals surface area contributed by atoms with Gasteiger partial charge in [0.2, 0.25) is 0 Å². The maximum absolute atomic E-state index is 6.29. The Balaban J connectivity index is 1.81. The molecule has 1 saturated carbocycles. The fourth-order valence-corrected chi connectivity index (χ4v) is 3.80. The summed E-state index contributed by atoms with van der Waals surface area (Å²) in [5.41, 5.74) is 0. The van der Waals surface area contributed by atoms with Gasteiger partial charge in [0.25, 0.3) is 0 Å². The monoisotopic (exact) mass is 307 g/mol. The van der Waals surface area contributed by atoms with Gasteiger partial charge in [0, 0.05) is 22.8 Å². The quantitative estimate of drug-likeness (QED) is 0.827. The van der Waals surface area contributed by atoms with E-state index in [9.17, 15) is 0 Å². The van der Waals surface area contributed by atoms with E-state index in [1.165, 1.54) is 27.9 Å². The van der Waals surface area contributed by atoms with Gasteiger partial charge in [-0.25, -0.2) is 0 Å². The molecule has 0 radical (unpaired) electrons. The number of rotatable bonds is 3. The summed E-state index contributed by atoms with van der Waals surface area (Å²) in [7, 11) is 0. The van der Waals surface area contributed by atoms with E-state index in [2.05, 4.69) is 33.4 Å². The second kappa shape index (κ2) is 5.67. The van der Waals surface area contributed by atoms with Gasteiger partial charge in [-0.2, -0.15) is 0 Å². The zero-order valence-electron chi connectivity index (χ0n) is 8.51. The Kier molecular flexibility index (Phi) is 4.50. The van der Waals surface area contributed by atoms with Crippen LogP contribution in [0.3, 0.4) is 0 Å². The fourth-order valence-electron chi connectivity index (χ4n) is 1.99. The number of alkyl halides is 1. The maximum Gasteiger partial charge on any atom is 0.0701 e. The summed E-state index contributed by atoms with van der Waals surface area (Å²) in [5, 5.41) is 3.88. The number of hydrogen-bond donors (Lipinski definition) is 1. The Morgan fingerprint density at radius 2 is 2.20 bits per heavy atom. The third-order valence-electron chi connectivity index (χ3n) is 2.85. The van der Waals surface area contributed by atoms with Crippen LogP contribution in [0.25, 0.3) is 0 Å². The zero-order valence-corrected chi connectivity index (χ0v) is 11.7. The lowest BCUT2D eigenvalue weighted by Gasteiger charge is -2.27. The van der Waals surface area contributed by atoms with Crippen LogP contribution < -0.4 is 5.32 Å². The highest BCUT2D eigenvalue weighted by Gasteiger charge is 2.22. The molecule has 2 atom stereocenters. The standard InChI is InChI=1S/C11H15BrClNS/c12-11-6-5-8(15-11)7-14-10-4-2-1-3-9(10)13/h5-6,9-10,14H,1-4,7H2. The molecule has 1 aromatic heterocycles. The molecule has 0 aliphatic heterocycles. The summed E-state index contributed by atoms with van der Waals surface area (Å²) < 4.78 is 1.20. The first kappa shape index (κ1) is 11.9. The number of nitrogens with one attached hydrogen (secondary N) is 1. The van der Waals surface area contributed by atoms with Crippen molar-refractivity contribution in [3.05, 3.63) is 20.8 Å². The van der Waals surface area contributed by atoms with E-state index in [4.69, 9.17) is 11.6 Å². The van der Waals surface area contributed by atoms with Crippen molar-refractivity contribution in [3.63, 3.8) is 0 Å². The molecule has 0 saturated heterocycles. The predicted molar refractivity (Wildman–Crippen MR) is 70.8 cm³/mol. The van der Waals surface area contributed by atoms with Crippen LogP contribution in [0.15, 0.2) is 15.9 Å². The van der Waals surface area contributed by atoms with Gasteiger partial charge in [-0.15, -0.1) is 22.9 Å². The first-order valence-electron chi connectivity index (χ1n) is 5.37. The summed E-state index contributed by atoms with van der Waals surface area (Å²) in [6, 6.07) is 4.76. The van der Waals surface area contributed by atoms with E-state index in [-0.39, 0.29) is 0 Å². The molecular weight excluding hydrogens is 294 g/mol. The van der Waals surface area contributed by atoms with Crippen molar-refractivity contribution in [2.24, 2.45) is 0 Å². The highest BCUT2D eigenvalue weighted by molar-refractivity contribution is 9.11. The molecule has 4 heteroatoms. The van der Waals surface area contributed by atoms with Gasteiger partial charge in [0.05, 0.1) is 3.79 Å². The molecule has 84 valence electrons. The second-order valence-electron chi connectivity index (χ2n) is 3.99. The topological polar surface area (TPSA) is 12.0 Å². The van der Waals surface area contributed by atoms with E-state index in [0.717, 1.165) is 13.0 Å². The molecule has 1 aliphatic carbocycles. The van der Waals surface area contributed by atoms with Gasteiger partial charge < -0.3 is 5.32 Å². The summed E-state index contributed by atoms with van der Waals surface area (Å²) in [6.45, 7) is 0.949. The van der Waals surface area contributed by atoms with E-state index in [1.807, 2.05) is 0 Å². The van der Waals surface area contributed by atoms with Crippen molar-refractivity contribution >= 4 is 38.9 Å². The Morgan fingerprint density at radius 3 is 2.87 bits per heavy atom. The van der Waals surface area contributed by atoms with Gasteiger partial charge >= 0.3 is 0 Å².